The van der Waals surface area contributed by atoms with Gasteiger partial charge >= 0.3 is 0 Å². The molecule has 0 heterocycles. The second kappa shape index (κ2) is 5.88. The standard InChI is InChI=1S/C11H14BrNO2/c1-8-4-5-9(7-10(8)12)13-11(15)3-2-6-14/h4-5,7,14H,2-3,6H2,1H3,(H,13,15). The molecule has 0 fully saturated rings. The number of amides is 1. The third-order valence-corrected chi connectivity index (χ3v) is 2.87. The molecule has 1 rings (SSSR count). The maximum atomic E-state index is 11.3. The second-order valence-corrected chi connectivity index (χ2v) is 4.19. The van der Waals surface area contributed by atoms with Gasteiger partial charge in [0.05, 0.1) is 0 Å². The first kappa shape index (κ1) is 12.2. The maximum Gasteiger partial charge on any atom is 0.224 e. The Morgan fingerprint density at radius 1 is 1.53 bits per heavy atom. The van der Waals surface area contributed by atoms with Crippen molar-refractivity contribution in [3.8, 4) is 0 Å². The van der Waals surface area contributed by atoms with Crippen molar-refractivity contribution in [1.82, 2.24) is 0 Å². The number of aliphatic hydroxyl groups is 1. The molecule has 0 aliphatic rings. The summed E-state index contributed by atoms with van der Waals surface area (Å²) in [6.07, 6.45) is 0.848. The minimum atomic E-state index is -0.0696. The lowest BCUT2D eigenvalue weighted by molar-refractivity contribution is -0.116. The number of hydrogen-bond acceptors (Lipinski definition) is 2. The van der Waals surface area contributed by atoms with Crippen LogP contribution in [0.5, 0.6) is 0 Å². The highest BCUT2D eigenvalue weighted by Crippen LogP contribution is 2.20. The minimum Gasteiger partial charge on any atom is -0.396 e. The van der Waals surface area contributed by atoms with Crippen molar-refractivity contribution < 1.29 is 9.90 Å². The quantitative estimate of drug-likeness (QED) is 0.884. The van der Waals surface area contributed by atoms with Crippen molar-refractivity contribution in [2.75, 3.05) is 11.9 Å². The van der Waals surface area contributed by atoms with Gasteiger partial charge in [-0.15, -0.1) is 0 Å². The lowest BCUT2D eigenvalue weighted by atomic mass is 10.2. The zero-order valence-corrected chi connectivity index (χ0v) is 10.2. The largest absolute Gasteiger partial charge is 0.396 e. The smallest absolute Gasteiger partial charge is 0.224 e. The number of aliphatic hydroxyl groups excluding tert-OH is 1. The van der Waals surface area contributed by atoms with Crippen LogP contribution >= 0.6 is 15.9 Å². The zero-order valence-electron chi connectivity index (χ0n) is 8.59. The molecule has 1 aromatic carbocycles. The van der Waals surface area contributed by atoms with Gasteiger partial charge in [-0.2, -0.15) is 0 Å². The minimum absolute atomic E-state index is 0.0466. The highest BCUT2D eigenvalue weighted by atomic mass is 79.9. The number of carbonyl (C=O) groups is 1. The van der Waals surface area contributed by atoms with Gasteiger partial charge in [-0.1, -0.05) is 22.0 Å². The van der Waals surface area contributed by atoms with Gasteiger partial charge in [-0.05, 0) is 31.0 Å². The summed E-state index contributed by atoms with van der Waals surface area (Å²) in [5.41, 5.74) is 1.90. The maximum absolute atomic E-state index is 11.3. The number of hydrogen-bond donors (Lipinski definition) is 2. The lowest BCUT2D eigenvalue weighted by Crippen LogP contribution is -2.11. The van der Waals surface area contributed by atoms with E-state index < -0.39 is 0 Å². The molecular weight excluding hydrogens is 258 g/mol. The van der Waals surface area contributed by atoms with Gasteiger partial charge in [-0.3, -0.25) is 4.79 Å². The van der Waals surface area contributed by atoms with Crippen LogP contribution in [0.2, 0.25) is 0 Å². The second-order valence-electron chi connectivity index (χ2n) is 3.34. The Morgan fingerprint density at radius 2 is 2.27 bits per heavy atom. The normalized spacial score (nSPS) is 10.1. The Morgan fingerprint density at radius 3 is 2.87 bits per heavy atom. The number of rotatable bonds is 4. The summed E-state index contributed by atoms with van der Waals surface area (Å²) < 4.78 is 0.974. The van der Waals surface area contributed by atoms with Gasteiger partial charge < -0.3 is 10.4 Å². The van der Waals surface area contributed by atoms with Crippen LogP contribution < -0.4 is 5.32 Å². The predicted molar refractivity (Wildman–Crippen MR) is 63.8 cm³/mol. The third-order valence-electron chi connectivity index (χ3n) is 2.02. The van der Waals surface area contributed by atoms with Gasteiger partial charge in [0.15, 0.2) is 0 Å². The fourth-order valence-corrected chi connectivity index (χ4v) is 1.51. The molecule has 1 aromatic rings. The van der Waals surface area contributed by atoms with Crippen molar-refractivity contribution in [1.29, 1.82) is 0 Å². The summed E-state index contributed by atoms with van der Waals surface area (Å²) in [5.74, 6) is -0.0696. The summed E-state index contributed by atoms with van der Waals surface area (Å²) >= 11 is 3.40. The highest BCUT2D eigenvalue weighted by Gasteiger charge is 2.02. The van der Waals surface area contributed by atoms with E-state index in [2.05, 4.69) is 21.2 Å². The van der Waals surface area contributed by atoms with E-state index in [4.69, 9.17) is 5.11 Å². The van der Waals surface area contributed by atoms with Gasteiger partial charge in [-0.25, -0.2) is 0 Å². The summed E-state index contributed by atoms with van der Waals surface area (Å²) in [6.45, 7) is 2.03. The van der Waals surface area contributed by atoms with E-state index in [1.165, 1.54) is 0 Å². The van der Waals surface area contributed by atoms with E-state index in [1.54, 1.807) is 0 Å². The molecule has 15 heavy (non-hydrogen) atoms. The highest BCUT2D eigenvalue weighted by molar-refractivity contribution is 9.10. The van der Waals surface area contributed by atoms with Crippen LogP contribution in [0.3, 0.4) is 0 Å². The molecule has 0 bridgehead atoms. The van der Waals surface area contributed by atoms with Crippen LogP contribution in [0.1, 0.15) is 18.4 Å². The number of nitrogens with one attached hydrogen (secondary N) is 1. The molecule has 0 saturated carbocycles. The molecule has 4 heteroatoms. The number of carbonyl (C=O) groups excluding carboxylic acids is 1. The molecule has 2 N–H and O–H groups in total. The first-order valence-electron chi connectivity index (χ1n) is 4.80. The van der Waals surface area contributed by atoms with Crippen molar-refractivity contribution in [3.05, 3.63) is 28.2 Å². The Hall–Kier alpha value is -0.870. The van der Waals surface area contributed by atoms with Crippen molar-refractivity contribution in [3.63, 3.8) is 0 Å². The van der Waals surface area contributed by atoms with Crippen LogP contribution in [0.4, 0.5) is 5.69 Å². The Labute approximate surface area is 97.6 Å². The van der Waals surface area contributed by atoms with Crippen LogP contribution in [-0.4, -0.2) is 17.6 Å². The summed E-state index contributed by atoms with van der Waals surface area (Å²) in [4.78, 5) is 11.3. The number of benzene rings is 1. The summed E-state index contributed by atoms with van der Waals surface area (Å²) in [6, 6.07) is 5.66. The summed E-state index contributed by atoms with van der Waals surface area (Å²) in [5, 5.41) is 11.3. The first-order valence-corrected chi connectivity index (χ1v) is 5.59. The molecule has 0 atom stereocenters. The molecule has 0 radical (unpaired) electrons. The van der Waals surface area contributed by atoms with Crippen LogP contribution in [0.25, 0.3) is 0 Å². The molecular formula is C11H14BrNO2. The van der Waals surface area contributed by atoms with Gasteiger partial charge in [0.2, 0.25) is 5.91 Å². The number of halogens is 1. The van der Waals surface area contributed by atoms with Crippen LogP contribution in [-0.2, 0) is 4.79 Å². The number of aryl methyl sites for hydroxylation is 1. The molecule has 0 unspecified atom stereocenters. The van der Waals surface area contributed by atoms with E-state index in [0.717, 1.165) is 15.7 Å². The van der Waals surface area contributed by atoms with E-state index in [-0.39, 0.29) is 12.5 Å². The first-order chi connectivity index (χ1) is 7.13. The molecule has 0 aliphatic heterocycles. The van der Waals surface area contributed by atoms with E-state index in [1.807, 2.05) is 25.1 Å². The predicted octanol–water partition coefficient (Wildman–Crippen LogP) is 2.47. The van der Waals surface area contributed by atoms with Crippen LogP contribution in [0, 0.1) is 6.92 Å². The lowest BCUT2D eigenvalue weighted by Gasteiger charge is -2.06. The topological polar surface area (TPSA) is 49.3 Å². The average molecular weight is 272 g/mol. The van der Waals surface area contributed by atoms with Crippen molar-refractivity contribution >= 4 is 27.5 Å². The Kier molecular flexibility index (Phi) is 4.78. The van der Waals surface area contributed by atoms with Crippen LogP contribution in [0.15, 0.2) is 22.7 Å². The molecule has 82 valence electrons. The zero-order chi connectivity index (χ0) is 11.3. The number of anilines is 1. The fraction of sp³-hybridized carbons (Fsp3) is 0.364. The molecule has 0 aliphatic carbocycles. The molecule has 0 saturated heterocycles. The SMILES string of the molecule is Cc1ccc(NC(=O)CCCO)cc1Br. The van der Waals surface area contributed by atoms with E-state index in [0.29, 0.717) is 12.8 Å². The van der Waals surface area contributed by atoms with E-state index in [9.17, 15) is 4.79 Å². The Bertz CT molecular complexity index is 352. The molecule has 0 aromatic heterocycles. The molecule has 3 nitrogen and oxygen atoms in total. The van der Waals surface area contributed by atoms with Crippen molar-refractivity contribution in [2.45, 2.75) is 19.8 Å². The van der Waals surface area contributed by atoms with Gasteiger partial charge in [0.25, 0.3) is 0 Å². The van der Waals surface area contributed by atoms with E-state index >= 15 is 0 Å². The fourth-order valence-electron chi connectivity index (χ4n) is 1.13. The molecule has 0 spiro atoms. The monoisotopic (exact) mass is 271 g/mol. The van der Waals surface area contributed by atoms with Gasteiger partial charge in [0, 0.05) is 23.2 Å². The third kappa shape index (κ3) is 4.01. The van der Waals surface area contributed by atoms with Crippen molar-refractivity contribution in [2.24, 2.45) is 0 Å². The summed E-state index contributed by atoms with van der Waals surface area (Å²) in [7, 11) is 0. The Balaban J connectivity index is 2.57. The average Bonchev–Trinajstić information content (AvgIpc) is 2.20. The van der Waals surface area contributed by atoms with Gasteiger partial charge in [0.1, 0.15) is 0 Å². The molecule has 1 amide bonds.